The number of nitrogens with one attached hydrogen (secondary N) is 1. The Kier molecular flexibility index (Phi) is 4.38. The number of aromatic nitrogens is 2. The van der Waals surface area contributed by atoms with Crippen molar-refractivity contribution in [3.8, 4) is 0 Å². The van der Waals surface area contributed by atoms with Crippen LogP contribution in [0, 0.1) is 11.8 Å². The lowest BCUT2D eigenvalue weighted by molar-refractivity contribution is 0.340. The van der Waals surface area contributed by atoms with Crippen molar-refractivity contribution in [1.29, 1.82) is 0 Å². The number of fused-ring (bicyclic) bond motifs is 1. The molecular formula is C16H28N6. The van der Waals surface area contributed by atoms with Gasteiger partial charge in [-0.2, -0.15) is 9.97 Å². The van der Waals surface area contributed by atoms with Crippen molar-refractivity contribution in [2.75, 3.05) is 36.0 Å². The Bertz CT molecular complexity index is 516. The maximum Gasteiger partial charge on any atom is 0.223 e. The van der Waals surface area contributed by atoms with Crippen molar-refractivity contribution in [2.45, 2.75) is 45.6 Å². The molecule has 0 aliphatic carbocycles. The Hall–Kier alpha value is -1.56. The summed E-state index contributed by atoms with van der Waals surface area (Å²) in [5.41, 5.74) is 13.1. The second kappa shape index (κ2) is 6.28. The third-order valence-electron chi connectivity index (χ3n) is 4.91. The van der Waals surface area contributed by atoms with Crippen LogP contribution in [-0.2, 0) is 6.42 Å². The van der Waals surface area contributed by atoms with Gasteiger partial charge in [0, 0.05) is 24.7 Å². The van der Waals surface area contributed by atoms with Crippen LogP contribution in [0.25, 0.3) is 0 Å². The van der Waals surface area contributed by atoms with Gasteiger partial charge in [-0.3, -0.25) is 0 Å². The van der Waals surface area contributed by atoms with E-state index < -0.39 is 0 Å². The summed E-state index contributed by atoms with van der Waals surface area (Å²) in [5, 5.41) is 3.63. The molecule has 22 heavy (non-hydrogen) atoms. The Balaban J connectivity index is 1.85. The van der Waals surface area contributed by atoms with Crippen LogP contribution in [0.15, 0.2) is 0 Å². The maximum absolute atomic E-state index is 6.15. The first-order valence-electron chi connectivity index (χ1n) is 8.44. The van der Waals surface area contributed by atoms with Crippen LogP contribution in [-0.4, -0.2) is 35.6 Å². The van der Waals surface area contributed by atoms with E-state index in [-0.39, 0.29) is 5.95 Å². The van der Waals surface area contributed by atoms with E-state index in [1.807, 2.05) is 0 Å². The Morgan fingerprint density at radius 3 is 2.82 bits per heavy atom. The molecule has 6 heteroatoms. The molecule has 122 valence electrons. The summed E-state index contributed by atoms with van der Waals surface area (Å²) >= 11 is 0. The lowest BCUT2D eigenvalue weighted by atomic mass is 9.94. The number of anilines is 3. The first-order chi connectivity index (χ1) is 10.5. The van der Waals surface area contributed by atoms with Gasteiger partial charge in [0.2, 0.25) is 5.95 Å². The van der Waals surface area contributed by atoms with Gasteiger partial charge in [0.15, 0.2) is 0 Å². The van der Waals surface area contributed by atoms with E-state index in [9.17, 15) is 0 Å². The first-order valence-corrected chi connectivity index (χ1v) is 8.44. The topological polar surface area (TPSA) is 93.1 Å². The molecule has 3 rings (SSSR count). The monoisotopic (exact) mass is 304 g/mol. The third-order valence-corrected chi connectivity index (χ3v) is 4.91. The number of rotatable bonds is 4. The molecule has 2 fully saturated rings. The van der Waals surface area contributed by atoms with Crippen molar-refractivity contribution in [1.82, 2.24) is 15.3 Å². The van der Waals surface area contributed by atoms with Crippen LogP contribution in [0.1, 0.15) is 38.7 Å². The van der Waals surface area contributed by atoms with E-state index in [4.69, 9.17) is 11.5 Å². The standard InChI is InChI=1S/C16H28N6/c1-10(2)5-6-12-14(17)20-16(18)21-15(12)22-8-11-4-3-7-19-13(11)9-22/h10-11,13,19H,3-9H2,1-2H3,(H4,17,18,20,21)/t11-,13+/m1/s1. The molecule has 6 nitrogen and oxygen atoms in total. The molecule has 3 heterocycles. The molecule has 0 amide bonds. The van der Waals surface area contributed by atoms with Crippen molar-refractivity contribution < 1.29 is 0 Å². The predicted octanol–water partition coefficient (Wildman–Crippen LogP) is 1.42. The number of hydrogen-bond acceptors (Lipinski definition) is 6. The summed E-state index contributed by atoms with van der Waals surface area (Å²) in [4.78, 5) is 11.1. The zero-order valence-electron chi connectivity index (χ0n) is 13.7. The number of nitrogens with two attached hydrogens (primary N) is 2. The SMILES string of the molecule is CC(C)CCc1c(N)nc(N)nc1N1C[C@H]2CCCN[C@H]2C1. The second-order valence-electron chi connectivity index (χ2n) is 7.07. The van der Waals surface area contributed by atoms with Crippen molar-refractivity contribution in [3.63, 3.8) is 0 Å². The fourth-order valence-corrected chi connectivity index (χ4v) is 3.66. The zero-order valence-corrected chi connectivity index (χ0v) is 13.7. The lowest BCUT2D eigenvalue weighted by Gasteiger charge is -2.24. The van der Waals surface area contributed by atoms with Crippen LogP contribution >= 0.6 is 0 Å². The highest BCUT2D eigenvalue weighted by molar-refractivity contribution is 5.60. The average Bonchev–Trinajstić information content (AvgIpc) is 2.89. The summed E-state index contributed by atoms with van der Waals surface area (Å²) in [6, 6.07) is 0.573. The van der Waals surface area contributed by atoms with Gasteiger partial charge in [0.05, 0.1) is 0 Å². The predicted molar refractivity (Wildman–Crippen MR) is 90.7 cm³/mol. The largest absolute Gasteiger partial charge is 0.383 e. The molecule has 2 aliphatic rings. The van der Waals surface area contributed by atoms with E-state index >= 15 is 0 Å². The average molecular weight is 304 g/mol. The fourth-order valence-electron chi connectivity index (χ4n) is 3.66. The second-order valence-corrected chi connectivity index (χ2v) is 7.07. The molecule has 0 saturated carbocycles. The molecule has 2 aliphatic heterocycles. The number of nitrogens with zero attached hydrogens (tertiary/aromatic N) is 3. The number of hydrogen-bond donors (Lipinski definition) is 3. The van der Waals surface area contributed by atoms with Crippen molar-refractivity contribution in [2.24, 2.45) is 11.8 Å². The highest BCUT2D eigenvalue weighted by atomic mass is 15.3. The van der Waals surface area contributed by atoms with Crippen molar-refractivity contribution >= 4 is 17.6 Å². The molecule has 2 atom stereocenters. The summed E-state index contributed by atoms with van der Waals surface area (Å²) in [6.07, 6.45) is 4.57. The number of piperidine rings is 1. The zero-order chi connectivity index (χ0) is 15.7. The highest BCUT2D eigenvalue weighted by Gasteiger charge is 2.36. The van der Waals surface area contributed by atoms with Gasteiger partial charge in [-0.05, 0) is 44.1 Å². The first kappa shape index (κ1) is 15.3. The van der Waals surface area contributed by atoms with E-state index in [1.54, 1.807) is 0 Å². The lowest BCUT2D eigenvalue weighted by Crippen LogP contribution is -2.40. The molecular weight excluding hydrogens is 276 g/mol. The van der Waals surface area contributed by atoms with Crippen molar-refractivity contribution in [3.05, 3.63) is 5.56 Å². The summed E-state index contributed by atoms with van der Waals surface area (Å²) in [6.45, 7) is 7.62. The van der Waals surface area contributed by atoms with E-state index in [0.717, 1.165) is 43.9 Å². The van der Waals surface area contributed by atoms with Crippen LogP contribution in [0.5, 0.6) is 0 Å². The van der Waals surface area contributed by atoms with Gasteiger partial charge in [-0.25, -0.2) is 0 Å². The van der Waals surface area contributed by atoms with Gasteiger partial charge in [-0.1, -0.05) is 13.8 Å². The van der Waals surface area contributed by atoms with Gasteiger partial charge < -0.3 is 21.7 Å². The fraction of sp³-hybridized carbons (Fsp3) is 0.750. The van der Waals surface area contributed by atoms with Gasteiger partial charge in [0.1, 0.15) is 11.6 Å². The van der Waals surface area contributed by atoms with Gasteiger partial charge >= 0.3 is 0 Å². The molecule has 0 aromatic carbocycles. The molecule has 2 saturated heterocycles. The van der Waals surface area contributed by atoms with Crippen LogP contribution in [0.4, 0.5) is 17.6 Å². The summed E-state index contributed by atoms with van der Waals surface area (Å²) < 4.78 is 0. The van der Waals surface area contributed by atoms with E-state index in [2.05, 4.69) is 34.0 Å². The van der Waals surface area contributed by atoms with Crippen LogP contribution < -0.4 is 21.7 Å². The Labute approximate surface area is 132 Å². The van der Waals surface area contributed by atoms with Crippen LogP contribution in [0.2, 0.25) is 0 Å². The maximum atomic E-state index is 6.15. The smallest absolute Gasteiger partial charge is 0.223 e. The van der Waals surface area contributed by atoms with Gasteiger partial charge in [0.25, 0.3) is 0 Å². The number of nitrogen functional groups attached to an aromatic ring is 2. The summed E-state index contributed by atoms with van der Waals surface area (Å²) in [7, 11) is 0. The highest BCUT2D eigenvalue weighted by Crippen LogP contribution is 2.32. The van der Waals surface area contributed by atoms with E-state index in [0.29, 0.717) is 23.7 Å². The molecule has 1 aromatic rings. The normalized spacial score (nSPS) is 24.8. The molecule has 0 spiro atoms. The molecule has 0 unspecified atom stereocenters. The Morgan fingerprint density at radius 2 is 2.09 bits per heavy atom. The van der Waals surface area contributed by atoms with E-state index in [1.165, 1.54) is 12.8 Å². The molecule has 0 bridgehead atoms. The minimum Gasteiger partial charge on any atom is -0.383 e. The third kappa shape index (κ3) is 3.11. The molecule has 0 radical (unpaired) electrons. The molecule has 5 N–H and O–H groups in total. The van der Waals surface area contributed by atoms with Crippen LogP contribution in [0.3, 0.4) is 0 Å². The Morgan fingerprint density at radius 1 is 1.27 bits per heavy atom. The van der Waals surface area contributed by atoms with Gasteiger partial charge in [-0.15, -0.1) is 0 Å². The molecule has 1 aromatic heterocycles. The minimum atomic E-state index is 0.281. The quantitative estimate of drug-likeness (QED) is 0.779. The minimum absolute atomic E-state index is 0.281. The summed E-state index contributed by atoms with van der Waals surface area (Å²) in [5.74, 6) is 3.13.